The van der Waals surface area contributed by atoms with Gasteiger partial charge in [0.15, 0.2) is 5.66 Å². The van der Waals surface area contributed by atoms with Crippen molar-refractivity contribution in [2.45, 2.75) is 5.66 Å². The van der Waals surface area contributed by atoms with Crippen LogP contribution in [0, 0.1) is 5.82 Å². The summed E-state index contributed by atoms with van der Waals surface area (Å²) in [4.78, 5) is 15.8. The molecule has 2 aromatic rings. The maximum Gasteiger partial charge on any atom is 0.202 e. The monoisotopic (exact) mass is 395 g/mol. The SMILES string of the molecule is CN(C)C1(c2cccc(F)c2)C=C(N)NC(N2CCN(c3ccccn3)CC2)=N1. The van der Waals surface area contributed by atoms with E-state index in [-0.39, 0.29) is 5.82 Å². The number of nitrogens with two attached hydrogens (primary N) is 1. The molecule has 0 spiro atoms. The molecule has 3 N–H and O–H groups in total. The summed E-state index contributed by atoms with van der Waals surface area (Å²) >= 11 is 0. The molecule has 0 saturated carbocycles. The zero-order valence-electron chi connectivity index (χ0n) is 16.7. The lowest BCUT2D eigenvalue weighted by molar-refractivity contribution is 0.208. The standard InChI is InChI=1S/C21H26FN7/c1-27(2)21(16-6-5-7-17(22)14-16)15-18(23)25-20(26-21)29-12-10-28(11-13-29)19-8-3-4-9-24-19/h3-9,14-15H,10-13,23H2,1-2H3,(H,25,26). The fraction of sp³-hybridized carbons (Fsp3) is 0.333. The van der Waals surface area contributed by atoms with Crippen molar-refractivity contribution in [1.29, 1.82) is 0 Å². The maximum absolute atomic E-state index is 14.0. The Morgan fingerprint density at radius 2 is 1.83 bits per heavy atom. The number of nitrogens with zero attached hydrogens (tertiary/aromatic N) is 5. The van der Waals surface area contributed by atoms with Gasteiger partial charge in [-0.05, 0) is 38.4 Å². The highest BCUT2D eigenvalue weighted by Gasteiger charge is 2.37. The Balaban J connectivity index is 1.60. The molecular weight excluding hydrogens is 369 g/mol. The molecule has 0 aliphatic carbocycles. The van der Waals surface area contributed by atoms with Gasteiger partial charge in [0, 0.05) is 44.0 Å². The van der Waals surface area contributed by atoms with Gasteiger partial charge in [0.2, 0.25) is 5.96 Å². The van der Waals surface area contributed by atoms with Crippen LogP contribution in [0.5, 0.6) is 0 Å². The van der Waals surface area contributed by atoms with Gasteiger partial charge in [-0.15, -0.1) is 0 Å². The third kappa shape index (κ3) is 3.75. The number of hydrogen-bond donors (Lipinski definition) is 2. The molecule has 1 atom stereocenters. The molecule has 7 nitrogen and oxygen atoms in total. The van der Waals surface area contributed by atoms with Crippen molar-refractivity contribution < 1.29 is 4.39 Å². The predicted octanol–water partition coefficient (Wildman–Crippen LogP) is 1.52. The van der Waals surface area contributed by atoms with Gasteiger partial charge in [-0.25, -0.2) is 14.4 Å². The molecule has 1 fully saturated rings. The second-order valence-corrected chi connectivity index (χ2v) is 7.45. The fourth-order valence-electron chi connectivity index (χ4n) is 3.79. The van der Waals surface area contributed by atoms with E-state index in [0.717, 1.165) is 37.6 Å². The quantitative estimate of drug-likeness (QED) is 0.821. The molecule has 2 aliphatic rings. The van der Waals surface area contributed by atoms with Crippen LogP contribution in [0.4, 0.5) is 10.2 Å². The van der Waals surface area contributed by atoms with Crippen LogP contribution in [0.1, 0.15) is 5.56 Å². The Bertz CT molecular complexity index is 920. The Labute approximate surface area is 170 Å². The lowest BCUT2D eigenvalue weighted by Gasteiger charge is -2.42. The van der Waals surface area contributed by atoms with Gasteiger partial charge in [-0.2, -0.15) is 0 Å². The van der Waals surface area contributed by atoms with Crippen LogP contribution in [0.25, 0.3) is 0 Å². The molecule has 1 aromatic heterocycles. The highest BCUT2D eigenvalue weighted by Crippen LogP contribution is 2.33. The first-order valence-electron chi connectivity index (χ1n) is 9.67. The van der Waals surface area contributed by atoms with Crippen molar-refractivity contribution in [3.05, 3.63) is 71.9 Å². The zero-order valence-corrected chi connectivity index (χ0v) is 16.7. The normalized spacial score (nSPS) is 22.2. The van der Waals surface area contributed by atoms with Crippen LogP contribution in [0.15, 0.2) is 65.6 Å². The number of anilines is 1. The van der Waals surface area contributed by atoms with Crippen LogP contribution in [0.3, 0.4) is 0 Å². The number of aliphatic imine (C=N–C) groups is 1. The van der Waals surface area contributed by atoms with Crippen LogP contribution >= 0.6 is 0 Å². The summed E-state index contributed by atoms with van der Waals surface area (Å²) in [5, 5.41) is 3.19. The summed E-state index contributed by atoms with van der Waals surface area (Å²) in [5.74, 6) is 1.88. The van der Waals surface area contributed by atoms with Gasteiger partial charge < -0.3 is 20.9 Å². The first kappa shape index (κ1) is 19.2. The Morgan fingerprint density at radius 3 is 2.48 bits per heavy atom. The van der Waals surface area contributed by atoms with Crippen molar-refractivity contribution in [1.82, 2.24) is 20.1 Å². The summed E-state index contributed by atoms with van der Waals surface area (Å²) in [6, 6.07) is 12.5. The van der Waals surface area contributed by atoms with Crippen LogP contribution in [0.2, 0.25) is 0 Å². The number of aromatic nitrogens is 1. The molecule has 0 amide bonds. The fourth-order valence-corrected chi connectivity index (χ4v) is 3.79. The molecule has 0 bridgehead atoms. The minimum atomic E-state index is -0.870. The lowest BCUT2D eigenvalue weighted by atomic mass is 9.97. The van der Waals surface area contributed by atoms with Crippen molar-refractivity contribution in [3.8, 4) is 0 Å². The molecule has 1 unspecified atom stereocenters. The van der Waals surface area contributed by atoms with E-state index in [1.807, 2.05) is 55.5 Å². The predicted molar refractivity (Wildman–Crippen MR) is 113 cm³/mol. The summed E-state index contributed by atoms with van der Waals surface area (Å²) in [6.07, 6.45) is 3.64. The molecular formula is C21H26FN7. The molecule has 0 radical (unpaired) electrons. The number of pyridine rings is 1. The highest BCUT2D eigenvalue weighted by molar-refractivity contribution is 5.83. The second-order valence-electron chi connectivity index (χ2n) is 7.45. The van der Waals surface area contributed by atoms with E-state index in [2.05, 4.69) is 20.1 Å². The van der Waals surface area contributed by atoms with E-state index in [1.54, 1.807) is 6.07 Å². The lowest BCUT2D eigenvalue weighted by Crippen LogP contribution is -2.56. The van der Waals surface area contributed by atoms with Gasteiger partial charge in [0.1, 0.15) is 17.5 Å². The number of likely N-dealkylation sites (N-methyl/N-ethyl adjacent to an activating group) is 1. The van der Waals surface area contributed by atoms with Crippen LogP contribution in [-0.2, 0) is 5.66 Å². The molecule has 8 heteroatoms. The zero-order chi connectivity index (χ0) is 20.4. The summed E-state index contributed by atoms with van der Waals surface area (Å²) in [6.45, 7) is 3.22. The van der Waals surface area contributed by atoms with Crippen LogP contribution in [-0.4, -0.2) is 61.0 Å². The van der Waals surface area contributed by atoms with E-state index in [0.29, 0.717) is 11.8 Å². The van der Waals surface area contributed by atoms with E-state index in [4.69, 9.17) is 10.7 Å². The van der Waals surface area contributed by atoms with Gasteiger partial charge in [0.25, 0.3) is 0 Å². The third-order valence-corrected chi connectivity index (χ3v) is 5.37. The van der Waals surface area contributed by atoms with Crippen molar-refractivity contribution in [3.63, 3.8) is 0 Å². The Kier molecular flexibility index (Phi) is 5.10. The second kappa shape index (κ2) is 7.71. The molecule has 29 heavy (non-hydrogen) atoms. The number of rotatable bonds is 3. The van der Waals surface area contributed by atoms with Gasteiger partial charge in [-0.1, -0.05) is 18.2 Å². The third-order valence-electron chi connectivity index (χ3n) is 5.37. The first-order valence-corrected chi connectivity index (χ1v) is 9.67. The van der Waals surface area contributed by atoms with Gasteiger partial charge in [0.05, 0.1) is 0 Å². The van der Waals surface area contributed by atoms with Crippen molar-refractivity contribution in [2.24, 2.45) is 10.7 Å². The van der Waals surface area contributed by atoms with Gasteiger partial charge >= 0.3 is 0 Å². The topological polar surface area (TPSA) is 73.0 Å². The molecule has 1 saturated heterocycles. The largest absolute Gasteiger partial charge is 0.385 e. The smallest absolute Gasteiger partial charge is 0.202 e. The average Bonchev–Trinajstić information content (AvgIpc) is 2.74. The van der Waals surface area contributed by atoms with Gasteiger partial charge in [-0.3, -0.25) is 4.90 Å². The number of nitrogens with one attached hydrogen (secondary N) is 1. The van der Waals surface area contributed by atoms with E-state index < -0.39 is 5.66 Å². The Morgan fingerprint density at radius 1 is 1.07 bits per heavy atom. The minimum Gasteiger partial charge on any atom is -0.385 e. The molecule has 2 aliphatic heterocycles. The summed E-state index contributed by atoms with van der Waals surface area (Å²) < 4.78 is 14.0. The summed E-state index contributed by atoms with van der Waals surface area (Å²) in [5.41, 5.74) is 6.10. The van der Waals surface area contributed by atoms with E-state index in [9.17, 15) is 4.39 Å². The number of halogens is 1. The minimum absolute atomic E-state index is 0.296. The number of piperazine rings is 1. The first-order chi connectivity index (χ1) is 14.0. The maximum atomic E-state index is 14.0. The molecule has 4 rings (SSSR count). The number of benzene rings is 1. The molecule has 152 valence electrons. The number of guanidine groups is 1. The summed E-state index contributed by atoms with van der Waals surface area (Å²) in [7, 11) is 3.83. The van der Waals surface area contributed by atoms with Crippen molar-refractivity contribution >= 4 is 11.8 Å². The van der Waals surface area contributed by atoms with Crippen molar-refractivity contribution in [2.75, 3.05) is 45.2 Å². The molecule has 3 heterocycles. The number of hydrogen-bond acceptors (Lipinski definition) is 7. The highest BCUT2D eigenvalue weighted by atomic mass is 19.1. The Hall–Kier alpha value is -3.13. The average molecular weight is 395 g/mol. The molecule has 1 aromatic carbocycles. The van der Waals surface area contributed by atoms with E-state index >= 15 is 0 Å². The van der Waals surface area contributed by atoms with E-state index in [1.165, 1.54) is 12.1 Å². The van der Waals surface area contributed by atoms with Crippen LogP contribution < -0.4 is 16.0 Å².